The Balaban J connectivity index is 2.12. The Morgan fingerprint density at radius 3 is 2.75 bits per heavy atom. The van der Waals surface area contributed by atoms with E-state index in [-0.39, 0.29) is 24.2 Å². The molecular formula is C14H16N2O4. The summed E-state index contributed by atoms with van der Waals surface area (Å²) in [7, 11) is 0. The SMILES string of the molecule is O=C(/C=C/c1ccccc1[N+](=O)[O-])N(CCO)C1CC1. The van der Waals surface area contributed by atoms with Gasteiger partial charge >= 0.3 is 0 Å². The minimum Gasteiger partial charge on any atom is -0.395 e. The van der Waals surface area contributed by atoms with E-state index in [1.807, 2.05) is 0 Å². The van der Waals surface area contributed by atoms with Gasteiger partial charge in [-0.1, -0.05) is 12.1 Å². The lowest BCUT2D eigenvalue weighted by atomic mass is 10.1. The number of carbonyl (C=O) groups is 1. The summed E-state index contributed by atoms with van der Waals surface area (Å²) in [4.78, 5) is 24.0. The van der Waals surface area contributed by atoms with Crippen LogP contribution in [0, 0.1) is 10.1 Å². The maximum atomic E-state index is 12.0. The van der Waals surface area contributed by atoms with Gasteiger partial charge in [0.1, 0.15) is 0 Å². The van der Waals surface area contributed by atoms with Gasteiger partial charge in [0.25, 0.3) is 5.69 Å². The highest BCUT2D eigenvalue weighted by molar-refractivity contribution is 5.92. The fourth-order valence-corrected chi connectivity index (χ4v) is 2.02. The van der Waals surface area contributed by atoms with Crippen LogP contribution in [-0.2, 0) is 4.79 Å². The van der Waals surface area contributed by atoms with E-state index in [1.165, 1.54) is 18.2 Å². The zero-order chi connectivity index (χ0) is 14.5. The Labute approximate surface area is 116 Å². The van der Waals surface area contributed by atoms with Crippen LogP contribution in [0.25, 0.3) is 6.08 Å². The molecule has 1 aliphatic carbocycles. The van der Waals surface area contributed by atoms with Gasteiger partial charge in [-0.3, -0.25) is 14.9 Å². The van der Waals surface area contributed by atoms with E-state index >= 15 is 0 Å². The quantitative estimate of drug-likeness (QED) is 0.486. The van der Waals surface area contributed by atoms with Crippen LogP contribution in [0.2, 0.25) is 0 Å². The summed E-state index contributed by atoms with van der Waals surface area (Å²) in [6.07, 6.45) is 4.68. The molecular weight excluding hydrogens is 260 g/mol. The number of amides is 1. The molecule has 1 aromatic carbocycles. The van der Waals surface area contributed by atoms with Crippen LogP contribution in [0.5, 0.6) is 0 Å². The minimum atomic E-state index is -0.476. The van der Waals surface area contributed by atoms with Crippen molar-refractivity contribution in [3.63, 3.8) is 0 Å². The van der Waals surface area contributed by atoms with Crippen molar-refractivity contribution in [2.75, 3.05) is 13.2 Å². The minimum absolute atomic E-state index is 0.0309. The summed E-state index contributed by atoms with van der Waals surface area (Å²) < 4.78 is 0. The Kier molecular flexibility index (Phi) is 4.47. The van der Waals surface area contributed by atoms with Crippen LogP contribution in [0.4, 0.5) is 5.69 Å². The van der Waals surface area contributed by atoms with E-state index < -0.39 is 4.92 Å². The summed E-state index contributed by atoms with van der Waals surface area (Å²) >= 11 is 0. The lowest BCUT2D eigenvalue weighted by Crippen LogP contribution is -2.34. The molecule has 20 heavy (non-hydrogen) atoms. The first-order valence-corrected chi connectivity index (χ1v) is 6.46. The monoisotopic (exact) mass is 276 g/mol. The molecule has 106 valence electrons. The molecule has 1 N–H and O–H groups in total. The number of hydrogen-bond acceptors (Lipinski definition) is 4. The van der Waals surface area contributed by atoms with Gasteiger partial charge in [0.15, 0.2) is 0 Å². The Hall–Kier alpha value is -2.21. The van der Waals surface area contributed by atoms with Gasteiger partial charge in [0.2, 0.25) is 5.91 Å². The number of aliphatic hydroxyl groups excluding tert-OH is 1. The molecule has 0 spiro atoms. The van der Waals surface area contributed by atoms with Crippen molar-refractivity contribution < 1.29 is 14.8 Å². The molecule has 1 saturated carbocycles. The van der Waals surface area contributed by atoms with Crippen molar-refractivity contribution in [2.24, 2.45) is 0 Å². The Morgan fingerprint density at radius 1 is 1.45 bits per heavy atom. The van der Waals surface area contributed by atoms with Gasteiger partial charge in [0.05, 0.1) is 17.1 Å². The molecule has 0 saturated heterocycles. The molecule has 0 radical (unpaired) electrons. The van der Waals surface area contributed by atoms with Gasteiger partial charge in [-0.15, -0.1) is 0 Å². The molecule has 1 amide bonds. The van der Waals surface area contributed by atoms with Crippen LogP contribution in [-0.4, -0.2) is 40.0 Å². The standard InChI is InChI=1S/C14H16N2O4/c17-10-9-15(12-6-7-12)14(18)8-5-11-3-1-2-4-13(11)16(19)20/h1-5,8,12,17H,6-7,9-10H2/b8-5+. The fourth-order valence-electron chi connectivity index (χ4n) is 2.02. The molecule has 0 unspecified atom stereocenters. The number of aliphatic hydroxyl groups is 1. The molecule has 0 aromatic heterocycles. The van der Waals surface area contributed by atoms with Crippen LogP contribution >= 0.6 is 0 Å². The van der Waals surface area contributed by atoms with Crippen LogP contribution in [0.1, 0.15) is 18.4 Å². The maximum absolute atomic E-state index is 12.0. The predicted molar refractivity (Wildman–Crippen MR) is 74.0 cm³/mol. The second kappa shape index (κ2) is 6.29. The summed E-state index contributed by atoms with van der Waals surface area (Å²) in [5, 5.41) is 19.8. The first-order valence-electron chi connectivity index (χ1n) is 6.46. The highest BCUT2D eigenvalue weighted by atomic mass is 16.6. The van der Waals surface area contributed by atoms with Crippen molar-refractivity contribution in [2.45, 2.75) is 18.9 Å². The Bertz CT molecular complexity index is 538. The number of hydrogen-bond donors (Lipinski definition) is 1. The highest BCUT2D eigenvalue weighted by Gasteiger charge is 2.30. The number of benzene rings is 1. The molecule has 6 heteroatoms. The molecule has 6 nitrogen and oxygen atoms in total. The topological polar surface area (TPSA) is 83.7 Å². The third-order valence-corrected chi connectivity index (χ3v) is 3.15. The van der Waals surface area contributed by atoms with Gasteiger partial charge in [-0.2, -0.15) is 0 Å². The molecule has 1 aliphatic rings. The average Bonchev–Trinajstić information content (AvgIpc) is 3.26. The fraction of sp³-hybridized carbons (Fsp3) is 0.357. The zero-order valence-electron chi connectivity index (χ0n) is 10.9. The third-order valence-electron chi connectivity index (χ3n) is 3.15. The summed E-state index contributed by atoms with van der Waals surface area (Å²) in [5.41, 5.74) is 0.363. The smallest absolute Gasteiger partial charge is 0.276 e. The zero-order valence-corrected chi connectivity index (χ0v) is 10.9. The second-order valence-corrected chi connectivity index (χ2v) is 4.64. The number of nitro benzene ring substituents is 1. The molecule has 0 aliphatic heterocycles. The predicted octanol–water partition coefficient (Wildman–Crippen LogP) is 1.59. The highest BCUT2D eigenvalue weighted by Crippen LogP contribution is 2.27. The molecule has 1 aromatic rings. The van der Waals surface area contributed by atoms with Crippen molar-refractivity contribution in [3.05, 3.63) is 46.0 Å². The van der Waals surface area contributed by atoms with Gasteiger partial charge in [-0.05, 0) is 25.0 Å². The lowest BCUT2D eigenvalue weighted by molar-refractivity contribution is -0.385. The van der Waals surface area contributed by atoms with E-state index in [4.69, 9.17) is 5.11 Å². The van der Waals surface area contributed by atoms with Gasteiger partial charge in [0, 0.05) is 24.7 Å². The molecule has 0 atom stereocenters. The van der Waals surface area contributed by atoms with E-state index in [9.17, 15) is 14.9 Å². The van der Waals surface area contributed by atoms with Crippen LogP contribution in [0.15, 0.2) is 30.3 Å². The molecule has 0 bridgehead atoms. The largest absolute Gasteiger partial charge is 0.395 e. The van der Waals surface area contributed by atoms with Crippen molar-refractivity contribution in [1.82, 2.24) is 4.90 Å². The molecule has 1 fully saturated rings. The summed E-state index contributed by atoms with van der Waals surface area (Å²) in [6, 6.07) is 6.46. The number of carbonyl (C=O) groups excluding carboxylic acids is 1. The summed E-state index contributed by atoms with van der Waals surface area (Å²) in [6.45, 7) is 0.215. The maximum Gasteiger partial charge on any atom is 0.276 e. The number of nitrogens with zero attached hydrogens (tertiary/aromatic N) is 2. The normalized spacial score (nSPS) is 14.4. The first kappa shape index (κ1) is 14.2. The number of nitro groups is 1. The van der Waals surface area contributed by atoms with Crippen molar-refractivity contribution >= 4 is 17.7 Å². The van der Waals surface area contributed by atoms with Crippen molar-refractivity contribution in [3.8, 4) is 0 Å². The second-order valence-electron chi connectivity index (χ2n) is 4.64. The Morgan fingerprint density at radius 2 is 2.15 bits per heavy atom. The lowest BCUT2D eigenvalue weighted by Gasteiger charge is -2.19. The third kappa shape index (κ3) is 3.42. The van der Waals surface area contributed by atoms with Gasteiger partial charge < -0.3 is 10.0 Å². The van der Waals surface area contributed by atoms with E-state index in [1.54, 1.807) is 23.1 Å². The number of rotatable bonds is 6. The van der Waals surface area contributed by atoms with E-state index in [0.29, 0.717) is 12.1 Å². The number of para-hydroxylation sites is 1. The summed E-state index contributed by atoms with van der Waals surface area (Å²) in [5.74, 6) is -0.222. The van der Waals surface area contributed by atoms with E-state index in [0.717, 1.165) is 12.8 Å². The van der Waals surface area contributed by atoms with Crippen LogP contribution in [0.3, 0.4) is 0 Å². The van der Waals surface area contributed by atoms with Crippen LogP contribution < -0.4 is 0 Å². The molecule has 2 rings (SSSR count). The van der Waals surface area contributed by atoms with E-state index in [2.05, 4.69) is 0 Å². The van der Waals surface area contributed by atoms with Crippen molar-refractivity contribution in [1.29, 1.82) is 0 Å². The van der Waals surface area contributed by atoms with Gasteiger partial charge in [-0.25, -0.2) is 0 Å². The average molecular weight is 276 g/mol. The first-order chi connectivity index (χ1) is 9.63. The molecule has 0 heterocycles.